The molecule has 98 valence electrons. The van der Waals surface area contributed by atoms with Crippen molar-refractivity contribution >= 4 is 17.3 Å². The zero-order valence-corrected chi connectivity index (χ0v) is 9.72. The Hall–Kier alpha value is -2.76. The molecule has 1 amide bonds. The molecule has 0 bridgehead atoms. The molecule has 6 heteroatoms. The molecule has 0 aliphatic carbocycles. The van der Waals surface area contributed by atoms with Crippen molar-refractivity contribution in [1.82, 2.24) is 0 Å². The minimum atomic E-state index is -0.633. The number of nitrogens with two attached hydrogens (primary N) is 1. The lowest BCUT2D eigenvalue weighted by Crippen LogP contribution is -2.12. The summed E-state index contributed by atoms with van der Waals surface area (Å²) in [6.45, 7) is 0. The highest BCUT2D eigenvalue weighted by molar-refractivity contribution is 6.04. The van der Waals surface area contributed by atoms with Crippen LogP contribution in [0.5, 0.6) is 11.5 Å². The molecule has 0 spiro atoms. The molecule has 0 aliphatic rings. The van der Waals surface area contributed by atoms with Gasteiger partial charge in [0.05, 0.1) is 5.69 Å². The van der Waals surface area contributed by atoms with Crippen molar-refractivity contribution in [3.05, 3.63) is 47.8 Å². The number of phenolic OH excluding ortho intramolecular Hbond substituents is 2. The maximum Gasteiger partial charge on any atom is 0.255 e. The van der Waals surface area contributed by atoms with Crippen LogP contribution in [0.2, 0.25) is 0 Å². The SMILES string of the molecule is Nc1ccc(NC(=O)c2ccc(O)c(O)c2)cc1F. The molecule has 2 rings (SSSR count). The Morgan fingerprint density at radius 3 is 2.47 bits per heavy atom. The summed E-state index contributed by atoms with van der Waals surface area (Å²) < 4.78 is 13.2. The van der Waals surface area contributed by atoms with Gasteiger partial charge in [0.2, 0.25) is 0 Å². The number of amides is 1. The van der Waals surface area contributed by atoms with Crippen molar-refractivity contribution in [1.29, 1.82) is 0 Å². The lowest BCUT2D eigenvalue weighted by molar-refractivity contribution is 0.102. The number of carbonyl (C=O) groups is 1. The predicted molar refractivity (Wildman–Crippen MR) is 68.5 cm³/mol. The molecule has 0 saturated heterocycles. The monoisotopic (exact) mass is 262 g/mol. The topological polar surface area (TPSA) is 95.6 Å². The normalized spacial score (nSPS) is 10.2. The van der Waals surface area contributed by atoms with Crippen LogP contribution in [0.15, 0.2) is 36.4 Å². The molecule has 0 saturated carbocycles. The lowest BCUT2D eigenvalue weighted by Gasteiger charge is -2.07. The molecule has 2 aromatic rings. The summed E-state index contributed by atoms with van der Waals surface area (Å²) in [5, 5.41) is 20.9. The molecule has 0 radical (unpaired) electrons. The van der Waals surface area contributed by atoms with Crippen molar-refractivity contribution in [3.8, 4) is 11.5 Å². The molecule has 0 unspecified atom stereocenters. The first-order valence-corrected chi connectivity index (χ1v) is 5.36. The van der Waals surface area contributed by atoms with Crippen LogP contribution in [-0.4, -0.2) is 16.1 Å². The van der Waals surface area contributed by atoms with E-state index in [1.165, 1.54) is 24.3 Å². The second kappa shape index (κ2) is 4.85. The summed E-state index contributed by atoms with van der Waals surface area (Å²) in [6.07, 6.45) is 0. The predicted octanol–water partition coefficient (Wildman–Crippen LogP) is 2.07. The van der Waals surface area contributed by atoms with Crippen molar-refractivity contribution in [2.75, 3.05) is 11.1 Å². The maximum atomic E-state index is 13.2. The van der Waals surface area contributed by atoms with E-state index in [-0.39, 0.29) is 22.7 Å². The zero-order chi connectivity index (χ0) is 14.0. The number of hydrogen-bond acceptors (Lipinski definition) is 4. The average molecular weight is 262 g/mol. The number of hydrogen-bond donors (Lipinski definition) is 4. The molecule has 0 aliphatic heterocycles. The fraction of sp³-hybridized carbons (Fsp3) is 0. The van der Waals surface area contributed by atoms with Gasteiger partial charge in [-0.05, 0) is 36.4 Å². The van der Waals surface area contributed by atoms with E-state index in [9.17, 15) is 14.3 Å². The van der Waals surface area contributed by atoms with Gasteiger partial charge < -0.3 is 21.3 Å². The van der Waals surface area contributed by atoms with Crippen molar-refractivity contribution < 1.29 is 19.4 Å². The van der Waals surface area contributed by atoms with Crippen molar-refractivity contribution in [3.63, 3.8) is 0 Å². The molecule has 5 N–H and O–H groups in total. The van der Waals surface area contributed by atoms with Crippen LogP contribution < -0.4 is 11.1 Å². The van der Waals surface area contributed by atoms with Gasteiger partial charge in [-0.2, -0.15) is 0 Å². The number of carbonyl (C=O) groups excluding carboxylic acids is 1. The second-order valence-corrected chi connectivity index (χ2v) is 3.89. The lowest BCUT2D eigenvalue weighted by atomic mass is 10.2. The summed E-state index contributed by atoms with van der Waals surface area (Å²) in [5.74, 6) is -1.91. The van der Waals surface area contributed by atoms with E-state index in [4.69, 9.17) is 10.8 Å². The first-order valence-electron chi connectivity index (χ1n) is 5.36. The molecule has 0 aromatic heterocycles. The van der Waals surface area contributed by atoms with Crippen molar-refractivity contribution in [2.45, 2.75) is 0 Å². The first kappa shape index (κ1) is 12.7. The third kappa shape index (κ3) is 2.74. The van der Waals surface area contributed by atoms with Gasteiger partial charge in [-0.15, -0.1) is 0 Å². The second-order valence-electron chi connectivity index (χ2n) is 3.89. The summed E-state index contributed by atoms with van der Waals surface area (Å²) in [5.41, 5.74) is 5.68. The number of nitrogen functional groups attached to an aromatic ring is 1. The Labute approximate surface area is 108 Å². The first-order chi connectivity index (χ1) is 8.97. The van der Waals surface area contributed by atoms with Crippen LogP contribution in [0.25, 0.3) is 0 Å². The third-order valence-corrected chi connectivity index (χ3v) is 2.50. The summed E-state index contributed by atoms with van der Waals surface area (Å²) in [6, 6.07) is 7.51. The van der Waals surface area contributed by atoms with Crippen LogP contribution in [0, 0.1) is 5.82 Å². The molecular weight excluding hydrogens is 251 g/mol. The Bertz CT molecular complexity index is 644. The minimum absolute atomic E-state index is 0.0136. The Kier molecular flexibility index (Phi) is 3.24. The number of nitrogens with one attached hydrogen (secondary N) is 1. The van der Waals surface area contributed by atoms with E-state index in [0.29, 0.717) is 0 Å². The molecule has 0 fully saturated rings. The van der Waals surface area contributed by atoms with Crippen LogP contribution in [0.4, 0.5) is 15.8 Å². The van der Waals surface area contributed by atoms with Gasteiger partial charge in [0, 0.05) is 11.3 Å². The number of anilines is 2. The van der Waals surface area contributed by atoms with Crippen LogP contribution in [-0.2, 0) is 0 Å². The zero-order valence-electron chi connectivity index (χ0n) is 9.72. The van der Waals surface area contributed by atoms with Gasteiger partial charge in [-0.3, -0.25) is 4.79 Å². The summed E-state index contributed by atoms with van der Waals surface area (Å²) in [4.78, 5) is 11.8. The Morgan fingerprint density at radius 2 is 1.84 bits per heavy atom. The van der Waals surface area contributed by atoms with Gasteiger partial charge >= 0.3 is 0 Å². The highest BCUT2D eigenvalue weighted by Gasteiger charge is 2.10. The fourth-order valence-corrected chi connectivity index (χ4v) is 1.47. The highest BCUT2D eigenvalue weighted by Crippen LogP contribution is 2.25. The number of phenols is 2. The summed E-state index contributed by atoms with van der Waals surface area (Å²) >= 11 is 0. The van der Waals surface area contributed by atoms with E-state index in [0.717, 1.165) is 12.1 Å². The molecule has 0 atom stereocenters. The largest absolute Gasteiger partial charge is 0.504 e. The quantitative estimate of drug-likeness (QED) is 0.492. The van der Waals surface area contributed by atoms with E-state index in [1.807, 2.05) is 0 Å². The van der Waals surface area contributed by atoms with Gasteiger partial charge in [-0.25, -0.2) is 4.39 Å². The molecule has 2 aromatic carbocycles. The number of rotatable bonds is 2. The summed E-state index contributed by atoms with van der Waals surface area (Å²) in [7, 11) is 0. The minimum Gasteiger partial charge on any atom is -0.504 e. The van der Waals surface area contributed by atoms with Crippen LogP contribution in [0.3, 0.4) is 0 Å². The fourth-order valence-electron chi connectivity index (χ4n) is 1.47. The van der Waals surface area contributed by atoms with E-state index in [2.05, 4.69) is 5.32 Å². The van der Waals surface area contributed by atoms with E-state index in [1.54, 1.807) is 0 Å². The maximum absolute atomic E-state index is 13.2. The van der Waals surface area contributed by atoms with Crippen molar-refractivity contribution in [2.24, 2.45) is 0 Å². The van der Waals surface area contributed by atoms with E-state index >= 15 is 0 Å². The van der Waals surface area contributed by atoms with Gasteiger partial charge in [-0.1, -0.05) is 0 Å². The van der Waals surface area contributed by atoms with E-state index < -0.39 is 17.5 Å². The average Bonchev–Trinajstić information content (AvgIpc) is 2.37. The standard InChI is InChI=1S/C13H11FN2O3/c14-9-6-8(2-3-10(9)15)16-13(19)7-1-4-11(17)12(18)5-7/h1-6,17-18H,15H2,(H,16,19). The van der Waals surface area contributed by atoms with Crippen LogP contribution in [0.1, 0.15) is 10.4 Å². The number of halogens is 1. The Balaban J connectivity index is 2.20. The third-order valence-electron chi connectivity index (χ3n) is 2.50. The Morgan fingerprint density at radius 1 is 1.11 bits per heavy atom. The van der Waals surface area contributed by atoms with Gasteiger partial charge in [0.15, 0.2) is 11.5 Å². The highest BCUT2D eigenvalue weighted by atomic mass is 19.1. The smallest absolute Gasteiger partial charge is 0.255 e. The molecule has 5 nitrogen and oxygen atoms in total. The molecule has 19 heavy (non-hydrogen) atoms. The van der Waals surface area contributed by atoms with Gasteiger partial charge in [0.1, 0.15) is 5.82 Å². The number of aromatic hydroxyl groups is 2. The molecular formula is C13H11FN2O3. The molecule has 0 heterocycles. The van der Waals surface area contributed by atoms with Gasteiger partial charge in [0.25, 0.3) is 5.91 Å². The number of benzene rings is 2. The van der Waals surface area contributed by atoms with Crippen LogP contribution >= 0.6 is 0 Å².